The third-order valence-corrected chi connectivity index (χ3v) is 3.97. The van der Waals surface area contributed by atoms with Gasteiger partial charge in [0.2, 0.25) is 0 Å². The molecule has 1 aliphatic rings. The second-order valence-electron chi connectivity index (χ2n) is 4.93. The second kappa shape index (κ2) is 4.84. The Balaban J connectivity index is 2.23. The van der Waals surface area contributed by atoms with Crippen LogP contribution in [0.3, 0.4) is 0 Å². The van der Waals surface area contributed by atoms with Gasteiger partial charge in [-0.25, -0.2) is 0 Å². The monoisotopic (exact) mass is 215 g/mol. The van der Waals surface area contributed by atoms with Gasteiger partial charge in [0, 0.05) is 12.0 Å². The zero-order chi connectivity index (χ0) is 11.4. The molecule has 1 aromatic rings. The molecule has 1 aliphatic carbocycles. The van der Waals surface area contributed by atoms with Crippen molar-refractivity contribution < 1.29 is 0 Å². The summed E-state index contributed by atoms with van der Waals surface area (Å²) in [6.07, 6.45) is 7.49. The van der Waals surface area contributed by atoms with Crippen molar-refractivity contribution in [2.24, 2.45) is 11.1 Å². The first kappa shape index (κ1) is 11.4. The van der Waals surface area contributed by atoms with Crippen molar-refractivity contribution in [2.45, 2.75) is 32.6 Å². The average molecular weight is 215 g/mol. The van der Waals surface area contributed by atoms with Gasteiger partial charge < -0.3 is 5.73 Å². The van der Waals surface area contributed by atoms with Gasteiger partial charge in [-0.3, -0.25) is 0 Å². The van der Waals surface area contributed by atoms with Gasteiger partial charge in [-0.2, -0.15) is 0 Å². The first-order valence-corrected chi connectivity index (χ1v) is 6.21. The summed E-state index contributed by atoms with van der Waals surface area (Å²) in [6.45, 7) is 3.04. The van der Waals surface area contributed by atoms with E-state index < -0.39 is 0 Å². The van der Waals surface area contributed by atoms with E-state index in [-0.39, 0.29) is 5.41 Å². The highest BCUT2D eigenvalue weighted by Crippen LogP contribution is 2.43. The minimum Gasteiger partial charge on any atom is -0.330 e. The van der Waals surface area contributed by atoms with Crippen LogP contribution in [0.2, 0.25) is 0 Å². The molecule has 1 aromatic carbocycles. The van der Waals surface area contributed by atoms with E-state index in [0.29, 0.717) is 0 Å². The van der Waals surface area contributed by atoms with Crippen molar-refractivity contribution in [3.63, 3.8) is 0 Å². The summed E-state index contributed by atoms with van der Waals surface area (Å²) in [4.78, 5) is 0. The SMILES string of the molecule is C/C(=C/c1ccccc1)C1(CN)CCCC1. The molecule has 0 aliphatic heterocycles. The topological polar surface area (TPSA) is 26.0 Å². The van der Waals surface area contributed by atoms with E-state index in [2.05, 4.69) is 43.3 Å². The fraction of sp³-hybridized carbons (Fsp3) is 0.467. The van der Waals surface area contributed by atoms with Crippen LogP contribution in [0.15, 0.2) is 35.9 Å². The smallest absolute Gasteiger partial charge is 0.00350 e. The molecule has 0 saturated heterocycles. The quantitative estimate of drug-likeness (QED) is 0.819. The Bertz CT molecular complexity index is 358. The van der Waals surface area contributed by atoms with Gasteiger partial charge in [0.15, 0.2) is 0 Å². The van der Waals surface area contributed by atoms with Crippen molar-refractivity contribution >= 4 is 6.08 Å². The fourth-order valence-corrected chi connectivity index (χ4v) is 2.76. The van der Waals surface area contributed by atoms with Gasteiger partial charge in [-0.1, -0.05) is 54.8 Å². The van der Waals surface area contributed by atoms with Crippen molar-refractivity contribution in [3.8, 4) is 0 Å². The number of hydrogen-bond donors (Lipinski definition) is 1. The van der Waals surface area contributed by atoms with Crippen LogP contribution in [0.25, 0.3) is 6.08 Å². The summed E-state index contributed by atoms with van der Waals surface area (Å²) in [5, 5.41) is 0. The number of nitrogens with two attached hydrogens (primary N) is 1. The molecule has 1 heteroatoms. The molecule has 0 radical (unpaired) electrons. The van der Waals surface area contributed by atoms with E-state index in [1.165, 1.54) is 36.8 Å². The standard InChI is InChI=1S/C15H21N/c1-13(11-14-7-3-2-4-8-14)15(12-16)9-5-6-10-15/h2-4,7-8,11H,5-6,9-10,12,16H2,1H3/b13-11-. The summed E-state index contributed by atoms with van der Waals surface area (Å²) < 4.78 is 0. The molecular weight excluding hydrogens is 194 g/mol. The summed E-state index contributed by atoms with van der Waals surface area (Å²) >= 11 is 0. The van der Waals surface area contributed by atoms with Gasteiger partial charge in [-0.15, -0.1) is 0 Å². The van der Waals surface area contributed by atoms with Crippen LogP contribution in [0.4, 0.5) is 0 Å². The maximum atomic E-state index is 5.98. The highest BCUT2D eigenvalue weighted by molar-refractivity contribution is 5.54. The van der Waals surface area contributed by atoms with Crippen molar-refractivity contribution in [3.05, 3.63) is 41.5 Å². The molecule has 2 N–H and O–H groups in total. The van der Waals surface area contributed by atoms with E-state index >= 15 is 0 Å². The third-order valence-electron chi connectivity index (χ3n) is 3.97. The lowest BCUT2D eigenvalue weighted by atomic mass is 9.78. The normalized spacial score (nSPS) is 20.0. The van der Waals surface area contributed by atoms with Gasteiger partial charge in [0.05, 0.1) is 0 Å². The van der Waals surface area contributed by atoms with E-state index in [1.807, 2.05) is 0 Å². The van der Waals surface area contributed by atoms with E-state index in [4.69, 9.17) is 5.73 Å². The molecule has 86 valence electrons. The molecule has 2 rings (SSSR count). The van der Waals surface area contributed by atoms with Crippen LogP contribution >= 0.6 is 0 Å². The molecule has 0 spiro atoms. The van der Waals surface area contributed by atoms with E-state index in [9.17, 15) is 0 Å². The Morgan fingerprint density at radius 2 is 1.88 bits per heavy atom. The Labute approximate surface area is 98.4 Å². The minimum atomic E-state index is 0.288. The highest BCUT2D eigenvalue weighted by Gasteiger charge is 2.33. The van der Waals surface area contributed by atoms with Crippen LogP contribution in [0.1, 0.15) is 38.2 Å². The Kier molecular flexibility index (Phi) is 3.45. The molecule has 0 unspecified atom stereocenters. The summed E-state index contributed by atoms with van der Waals surface area (Å²) in [6, 6.07) is 10.5. The minimum absolute atomic E-state index is 0.288. The number of benzene rings is 1. The largest absolute Gasteiger partial charge is 0.330 e. The van der Waals surface area contributed by atoms with Crippen molar-refractivity contribution in [2.75, 3.05) is 6.54 Å². The van der Waals surface area contributed by atoms with Gasteiger partial charge >= 0.3 is 0 Å². The van der Waals surface area contributed by atoms with E-state index in [0.717, 1.165) is 6.54 Å². The van der Waals surface area contributed by atoms with Crippen LogP contribution in [-0.2, 0) is 0 Å². The van der Waals surface area contributed by atoms with Gasteiger partial charge in [0.1, 0.15) is 0 Å². The second-order valence-corrected chi connectivity index (χ2v) is 4.93. The molecule has 0 bridgehead atoms. The maximum absolute atomic E-state index is 5.98. The summed E-state index contributed by atoms with van der Waals surface area (Å²) in [5.74, 6) is 0. The Morgan fingerprint density at radius 1 is 1.25 bits per heavy atom. The highest BCUT2D eigenvalue weighted by atomic mass is 14.6. The van der Waals surface area contributed by atoms with Gasteiger partial charge in [-0.05, 0) is 25.3 Å². The first-order valence-electron chi connectivity index (χ1n) is 6.21. The van der Waals surface area contributed by atoms with Crippen LogP contribution < -0.4 is 5.73 Å². The Hall–Kier alpha value is -1.08. The van der Waals surface area contributed by atoms with Gasteiger partial charge in [0.25, 0.3) is 0 Å². The lowest BCUT2D eigenvalue weighted by molar-refractivity contribution is 0.383. The molecule has 0 atom stereocenters. The zero-order valence-electron chi connectivity index (χ0n) is 10.1. The molecular formula is C15H21N. The van der Waals surface area contributed by atoms with E-state index in [1.54, 1.807) is 0 Å². The molecule has 16 heavy (non-hydrogen) atoms. The van der Waals surface area contributed by atoms with Crippen molar-refractivity contribution in [1.82, 2.24) is 0 Å². The van der Waals surface area contributed by atoms with Crippen LogP contribution in [-0.4, -0.2) is 6.54 Å². The zero-order valence-corrected chi connectivity index (χ0v) is 10.1. The molecule has 1 nitrogen and oxygen atoms in total. The third kappa shape index (κ3) is 2.19. The van der Waals surface area contributed by atoms with Crippen LogP contribution in [0.5, 0.6) is 0 Å². The molecule has 0 amide bonds. The summed E-state index contributed by atoms with van der Waals surface area (Å²) in [5.41, 5.74) is 9.02. The molecule has 1 saturated carbocycles. The predicted molar refractivity (Wildman–Crippen MR) is 70.0 cm³/mol. The maximum Gasteiger partial charge on any atom is 0.00350 e. The predicted octanol–water partition coefficient (Wildman–Crippen LogP) is 3.61. The Morgan fingerprint density at radius 3 is 2.44 bits per heavy atom. The first-order chi connectivity index (χ1) is 7.77. The van der Waals surface area contributed by atoms with Crippen LogP contribution in [0, 0.1) is 5.41 Å². The molecule has 0 aromatic heterocycles. The lowest BCUT2D eigenvalue weighted by Crippen LogP contribution is -2.28. The average Bonchev–Trinajstić information content (AvgIpc) is 2.80. The van der Waals surface area contributed by atoms with Crippen molar-refractivity contribution in [1.29, 1.82) is 0 Å². The number of rotatable bonds is 3. The molecule has 0 heterocycles. The summed E-state index contributed by atoms with van der Waals surface area (Å²) in [7, 11) is 0. The fourth-order valence-electron chi connectivity index (χ4n) is 2.76. The number of hydrogen-bond acceptors (Lipinski definition) is 1. The lowest BCUT2D eigenvalue weighted by Gasteiger charge is -2.28. The molecule has 1 fully saturated rings.